The molecule has 1 aliphatic heterocycles. The van der Waals surface area contributed by atoms with E-state index in [9.17, 15) is 17.6 Å². The van der Waals surface area contributed by atoms with Gasteiger partial charge in [0.05, 0.1) is 23.1 Å². The van der Waals surface area contributed by atoms with Crippen molar-refractivity contribution >= 4 is 38.9 Å². The van der Waals surface area contributed by atoms with Gasteiger partial charge in [0.1, 0.15) is 5.82 Å². The Morgan fingerprint density at radius 3 is 2.31 bits per heavy atom. The van der Waals surface area contributed by atoms with E-state index in [2.05, 4.69) is 10.0 Å². The molecule has 7 nitrogen and oxygen atoms in total. The van der Waals surface area contributed by atoms with Crippen LogP contribution in [0.25, 0.3) is 0 Å². The van der Waals surface area contributed by atoms with Gasteiger partial charge in [-0.2, -0.15) is 0 Å². The summed E-state index contributed by atoms with van der Waals surface area (Å²) in [5, 5.41) is 2.49. The van der Waals surface area contributed by atoms with Crippen molar-refractivity contribution in [2.45, 2.75) is 11.3 Å². The number of carbonyl (C=O) groups is 1. The van der Waals surface area contributed by atoms with Gasteiger partial charge >= 0.3 is 0 Å². The first-order chi connectivity index (χ1) is 15.3. The van der Waals surface area contributed by atoms with Crippen LogP contribution >= 0.6 is 11.6 Å². The molecule has 2 N–H and O–H groups in total. The number of amides is 1. The third kappa shape index (κ3) is 4.95. The average molecular weight is 477 g/mol. The summed E-state index contributed by atoms with van der Waals surface area (Å²) in [7, 11) is -3.89. The minimum Gasteiger partial charge on any atom is -0.490 e. The molecule has 3 aromatic rings. The number of carbonyl (C=O) groups excluding carboxylic acids is 1. The molecule has 0 saturated carbocycles. The Balaban J connectivity index is 1.46. The maximum atomic E-state index is 13.2. The van der Waals surface area contributed by atoms with Gasteiger partial charge in [-0.05, 0) is 54.6 Å². The molecule has 0 aliphatic carbocycles. The highest BCUT2D eigenvalue weighted by atomic mass is 35.5. The van der Waals surface area contributed by atoms with E-state index in [1.54, 1.807) is 6.07 Å². The number of anilines is 2. The van der Waals surface area contributed by atoms with Crippen LogP contribution in [0.15, 0.2) is 65.6 Å². The summed E-state index contributed by atoms with van der Waals surface area (Å²) in [6.07, 6.45) is 0.711. The molecule has 0 radical (unpaired) electrons. The average Bonchev–Trinajstić information content (AvgIpc) is 3.01. The molecule has 1 aliphatic rings. The highest BCUT2D eigenvalue weighted by Gasteiger charge is 2.19. The topological polar surface area (TPSA) is 93.7 Å². The monoisotopic (exact) mass is 476 g/mol. The minimum atomic E-state index is -3.89. The quantitative estimate of drug-likeness (QED) is 0.557. The summed E-state index contributed by atoms with van der Waals surface area (Å²) in [5.41, 5.74) is 0.892. The smallest absolute Gasteiger partial charge is 0.262 e. The van der Waals surface area contributed by atoms with E-state index in [1.165, 1.54) is 48.5 Å². The molecule has 0 atom stereocenters. The van der Waals surface area contributed by atoms with E-state index < -0.39 is 21.7 Å². The number of hydrogen-bond acceptors (Lipinski definition) is 5. The lowest BCUT2D eigenvalue weighted by atomic mass is 10.2. The van der Waals surface area contributed by atoms with Crippen molar-refractivity contribution < 1.29 is 27.1 Å². The van der Waals surface area contributed by atoms with E-state index in [4.69, 9.17) is 21.1 Å². The van der Waals surface area contributed by atoms with Gasteiger partial charge in [-0.15, -0.1) is 0 Å². The van der Waals surface area contributed by atoms with Crippen LogP contribution in [0.3, 0.4) is 0 Å². The lowest BCUT2D eigenvalue weighted by molar-refractivity contribution is 0.102. The standard InChI is InChI=1S/C22H18ClFN2O5S/c23-18-12-16(6-8-19(18)24)25-22(27)14-2-4-15(5-3-14)26-32(28,29)17-7-9-20-21(13-17)31-11-1-10-30-20/h2-9,12-13,26H,1,10-11H2,(H,25,27). The largest absolute Gasteiger partial charge is 0.490 e. The second kappa shape index (κ2) is 9.05. The molecule has 0 saturated heterocycles. The first-order valence-corrected chi connectivity index (χ1v) is 11.5. The number of fused-ring (bicyclic) bond motifs is 1. The first-order valence-electron chi connectivity index (χ1n) is 9.61. The summed E-state index contributed by atoms with van der Waals surface area (Å²) in [6, 6.07) is 14.1. The van der Waals surface area contributed by atoms with Crippen LogP contribution in [0.1, 0.15) is 16.8 Å². The molecule has 0 spiro atoms. The highest BCUT2D eigenvalue weighted by molar-refractivity contribution is 7.92. The van der Waals surface area contributed by atoms with E-state index >= 15 is 0 Å². The van der Waals surface area contributed by atoms with Gasteiger partial charge in [0.2, 0.25) is 0 Å². The van der Waals surface area contributed by atoms with Crippen molar-refractivity contribution in [3.63, 3.8) is 0 Å². The molecular weight excluding hydrogens is 459 g/mol. The Kier molecular flexibility index (Phi) is 6.20. The van der Waals surface area contributed by atoms with Gasteiger partial charge in [-0.25, -0.2) is 12.8 Å². The van der Waals surface area contributed by atoms with E-state index in [0.717, 1.165) is 6.07 Å². The Morgan fingerprint density at radius 2 is 1.59 bits per heavy atom. The second-order valence-electron chi connectivity index (χ2n) is 6.92. The number of hydrogen-bond donors (Lipinski definition) is 2. The van der Waals surface area contributed by atoms with Crippen molar-refractivity contribution in [2.24, 2.45) is 0 Å². The van der Waals surface area contributed by atoms with E-state index in [-0.39, 0.29) is 21.2 Å². The first kappa shape index (κ1) is 21.9. The molecular formula is C22H18ClFN2O5S. The summed E-state index contributed by atoms with van der Waals surface area (Å²) in [6.45, 7) is 0.947. The van der Waals surface area contributed by atoms with Gasteiger partial charge in [0, 0.05) is 29.4 Å². The van der Waals surface area contributed by atoms with Crippen LogP contribution in [-0.4, -0.2) is 27.5 Å². The van der Waals surface area contributed by atoms with E-state index in [1.807, 2.05) is 0 Å². The fraction of sp³-hybridized carbons (Fsp3) is 0.136. The molecule has 0 fully saturated rings. The van der Waals surface area contributed by atoms with Crippen LogP contribution in [0.4, 0.5) is 15.8 Å². The Bertz CT molecular complexity index is 1270. The molecule has 0 unspecified atom stereocenters. The molecule has 10 heteroatoms. The molecule has 0 bridgehead atoms. The minimum absolute atomic E-state index is 0.0248. The molecule has 1 amide bonds. The Labute approximate surface area is 189 Å². The molecule has 4 rings (SSSR count). The predicted molar refractivity (Wildman–Crippen MR) is 119 cm³/mol. The van der Waals surface area contributed by atoms with Gasteiger partial charge in [-0.1, -0.05) is 11.6 Å². The number of halogens is 2. The Hall–Kier alpha value is -3.30. The Morgan fingerprint density at radius 1 is 0.906 bits per heavy atom. The summed E-state index contributed by atoms with van der Waals surface area (Å²) in [5.74, 6) is -0.169. The molecule has 3 aromatic carbocycles. The normalized spacial score (nSPS) is 13.2. The predicted octanol–water partition coefficient (Wildman–Crippen LogP) is 4.69. The van der Waals surface area contributed by atoms with Gasteiger partial charge < -0.3 is 14.8 Å². The second-order valence-corrected chi connectivity index (χ2v) is 9.01. The maximum Gasteiger partial charge on any atom is 0.262 e. The number of ether oxygens (including phenoxy) is 2. The highest BCUT2D eigenvalue weighted by Crippen LogP contribution is 2.32. The molecule has 0 aromatic heterocycles. The van der Waals surface area contributed by atoms with Crippen molar-refractivity contribution in [2.75, 3.05) is 23.3 Å². The van der Waals surface area contributed by atoms with Crippen LogP contribution < -0.4 is 19.5 Å². The summed E-state index contributed by atoms with van der Waals surface area (Å²) >= 11 is 5.72. The van der Waals surface area contributed by atoms with E-state index in [0.29, 0.717) is 36.8 Å². The maximum absolute atomic E-state index is 13.2. The zero-order valence-corrected chi connectivity index (χ0v) is 18.2. The van der Waals surface area contributed by atoms with Crippen LogP contribution in [0, 0.1) is 5.82 Å². The fourth-order valence-electron chi connectivity index (χ4n) is 2.99. The van der Waals surface area contributed by atoms with Gasteiger partial charge in [0.25, 0.3) is 15.9 Å². The third-order valence-electron chi connectivity index (χ3n) is 4.61. The number of rotatable bonds is 5. The number of benzene rings is 3. The number of sulfonamides is 1. The summed E-state index contributed by atoms with van der Waals surface area (Å²) < 4.78 is 52.3. The zero-order chi connectivity index (χ0) is 22.7. The molecule has 166 valence electrons. The van der Waals surface area contributed by atoms with Gasteiger partial charge in [0.15, 0.2) is 11.5 Å². The van der Waals surface area contributed by atoms with Gasteiger partial charge in [-0.3, -0.25) is 9.52 Å². The lowest BCUT2D eigenvalue weighted by Gasteiger charge is -2.12. The zero-order valence-electron chi connectivity index (χ0n) is 16.6. The van der Waals surface area contributed by atoms with Crippen molar-refractivity contribution in [1.82, 2.24) is 0 Å². The third-order valence-corrected chi connectivity index (χ3v) is 6.27. The summed E-state index contributed by atoms with van der Waals surface area (Å²) in [4.78, 5) is 12.4. The SMILES string of the molecule is O=C(Nc1ccc(F)c(Cl)c1)c1ccc(NS(=O)(=O)c2ccc3c(c2)OCCCO3)cc1. The fourth-order valence-corrected chi connectivity index (χ4v) is 4.25. The lowest BCUT2D eigenvalue weighted by Crippen LogP contribution is -2.14. The molecule has 32 heavy (non-hydrogen) atoms. The van der Waals surface area contributed by atoms with Crippen molar-refractivity contribution in [1.29, 1.82) is 0 Å². The van der Waals surface area contributed by atoms with Crippen molar-refractivity contribution in [3.8, 4) is 11.5 Å². The van der Waals surface area contributed by atoms with Crippen LogP contribution in [-0.2, 0) is 10.0 Å². The van der Waals surface area contributed by atoms with Crippen LogP contribution in [0.5, 0.6) is 11.5 Å². The molecule has 1 heterocycles. The van der Waals surface area contributed by atoms with Crippen molar-refractivity contribution in [3.05, 3.63) is 77.1 Å². The van der Waals surface area contributed by atoms with Crippen LogP contribution in [0.2, 0.25) is 5.02 Å². The number of nitrogens with one attached hydrogen (secondary N) is 2.